The minimum absolute atomic E-state index is 0.0167. The van der Waals surface area contributed by atoms with Gasteiger partial charge >= 0.3 is 0 Å². The number of nitrogens with one attached hydrogen (secondary N) is 1. The van der Waals surface area contributed by atoms with Crippen molar-refractivity contribution in [2.45, 2.75) is 19.3 Å². The van der Waals surface area contributed by atoms with E-state index < -0.39 is 11.8 Å². The second kappa shape index (κ2) is 4.87. The van der Waals surface area contributed by atoms with E-state index in [2.05, 4.69) is 5.32 Å². The lowest BCUT2D eigenvalue weighted by Gasteiger charge is -2.13. The lowest BCUT2D eigenvalue weighted by Crippen LogP contribution is -2.23. The number of rotatable bonds is 4. The predicted molar refractivity (Wildman–Crippen MR) is 76.4 cm³/mol. The second-order valence-electron chi connectivity index (χ2n) is 5.94. The van der Waals surface area contributed by atoms with Crippen LogP contribution in [0.25, 0.3) is 0 Å². The minimum Gasteiger partial charge on any atom is -0.366 e. The van der Waals surface area contributed by atoms with E-state index in [1.54, 1.807) is 0 Å². The van der Waals surface area contributed by atoms with Gasteiger partial charge in [-0.2, -0.15) is 0 Å². The number of carbonyl (C=O) groups is 3. The van der Waals surface area contributed by atoms with Gasteiger partial charge in [0.2, 0.25) is 17.7 Å². The first-order valence-corrected chi connectivity index (χ1v) is 6.99. The Morgan fingerprint density at radius 3 is 1.90 bits per heavy atom. The van der Waals surface area contributed by atoms with Crippen molar-refractivity contribution in [1.29, 1.82) is 0 Å². The van der Waals surface area contributed by atoms with E-state index >= 15 is 0 Å². The van der Waals surface area contributed by atoms with Gasteiger partial charge in [-0.3, -0.25) is 14.4 Å². The highest BCUT2D eigenvalue weighted by atomic mass is 16.2. The Bertz CT molecular complexity index is 599. The molecular formula is C15H17N3O3. The fourth-order valence-corrected chi connectivity index (χ4v) is 3.16. The molecule has 2 atom stereocenters. The minimum atomic E-state index is -0.671. The van der Waals surface area contributed by atoms with E-state index in [0.29, 0.717) is 17.5 Å². The summed E-state index contributed by atoms with van der Waals surface area (Å²) in [5, 5.41) is 2.76. The molecule has 2 fully saturated rings. The van der Waals surface area contributed by atoms with Crippen LogP contribution in [-0.2, 0) is 4.79 Å². The van der Waals surface area contributed by atoms with Gasteiger partial charge in [0.1, 0.15) is 0 Å². The smallest absolute Gasteiger partial charge is 0.248 e. The molecule has 0 spiro atoms. The Labute approximate surface area is 121 Å². The molecule has 2 aliphatic carbocycles. The van der Waals surface area contributed by atoms with Gasteiger partial charge in [-0.25, -0.2) is 0 Å². The Kier molecular flexibility index (Phi) is 3.16. The van der Waals surface area contributed by atoms with Crippen LogP contribution >= 0.6 is 0 Å². The molecule has 2 saturated carbocycles. The number of fused-ring (bicyclic) bond motifs is 1. The number of carbonyl (C=O) groups excluding carboxylic acids is 3. The van der Waals surface area contributed by atoms with Crippen molar-refractivity contribution >= 4 is 23.4 Å². The van der Waals surface area contributed by atoms with E-state index in [0.717, 1.165) is 12.8 Å². The van der Waals surface area contributed by atoms with Gasteiger partial charge in [-0.15, -0.1) is 0 Å². The van der Waals surface area contributed by atoms with Crippen LogP contribution in [0.3, 0.4) is 0 Å². The van der Waals surface area contributed by atoms with Gasteiger partial charge < -0.3 is 16.8 Å². The van der Waals surface area contributed by atoms with Crippen molar-refractivity contribution in [3.8, 4) is 0 Å². The van der Waals surface area contributed by atoms with Crippen LogP contribution in [0.4, 0.5) is 5.69 Å². The quantitative estimate of drug-likeness (QED) is 0.763. The zero-order valence-corrected chi connectivity index (χ0v) is 11.5. The molecule has 6 nitrogen and oxygen atoms in total. The Hall–Kier alpha value is -2.37. The Morgan fingerprint density at radius 2 is 1.43 bits per heavy atom. The van der Waals surface area contributed by atoms with Crippen LogP contribution in [-0.4, -0.2) is 17.7 Å². The molecule has 5 N–H and O–H groups in total. The Morgan fingerprint density at radius 1 is 0.905 bits per heavy atom. The van der Waals surface area contributed by atoms with Gasteiger partial charge in [0.25, 0.3) is 0 Å². The molecule has 0 radical (unpaired) electrons. The second-order valence-corrected chi connectivity index (χ2v) is 5.94. The average Bonchev–Trinajstić information content (AvgIpc) is 3.04. The van der Waals surface area contributed by atoms with E-state index in [1.807, 2.05) is 0 Å². The lowest BCUT2D eigenvalue weighted by atomic mass is 10.0. The van der Waals surface area contributed by atoms with Gasteiger partial charge in [-0.05, 0) is 49.3 Å². The molecule has 6 heteroatoms. The molecule has 1 aromatic carbocycles. The maximum Gasteiger partial charge on any atom is 0.248 e. The topological polar surface area (TPSA) is 115 Å². The summed E-state index contributed by atoms with van der Waals surface area (Å²) in [6.45, 7) is 0. The number of anilines is 1. The van der Waals surface area contributed by atoms with Crippen molar-refractivity contribution < 1.29 is 14.4 Å². The highest BCUT2D eigenvalue weighted by Crippen LogP contribution is 2.54. The summed E-state index contributed by atoms with van der Waals surface area (Å²) in [5.74, 6) is 0.0199. The standard InChI is InChI=1S/C15H17N3O3/c16-13(19)9-4-10(14(17)20)6-12(5-9)18-15(21)11-2-7-1-8(7)3-11/h4-8,11H,1-3H2,(H2,16,19)(H2,17,20)(H,18,21). The van der Waals surface area contributed by atoms with Crippen LogP contribution < -0.4 is 16.8 Å². The SMILES string of the molecule is NC(=O)c1cc(NC(=O)C2CC3CC3C2)cc(C(N)=O)c1. The van der Waals surface area contributed by atoms with Gasteiger partial charge in [-0.1, -0.05) is 0 Å². The molecule has 110 valence electrons. The fourth-order valence-electron chi connectivity index (χ4n) is 3.16. The third-order valence-corrected chi connectivity index (χ3v) is 4.38. The highest BCUT2D eigenvalue weighted by Gasteiger charge is 2.47. The molecule has 0 heterocycles. The van der Waals surface area contributed by atoms with Crippen molar-refractivity contribution in [3.05, 3.63) is 29.3 Å². The fraction of sp³-hybridized carbons (Fsp3) is 0.400. The summed E-state index contributed by atoms with van der Waals surface area (Å²) in [4.78, 5) is 34.8. The van der Waals surface area contributed by atoms with Crippen LogP contribution in [0, 0.1) is 17.8 Å². The zero-order valence-electron chi connectivity index (χ0n) is 11.5. The Balaban J connectivity index is 1.78. The number of nitrogens with two attached hydrogens (primary N) is 2. The number of hydrogen-bond donors (Lipinski definition) is 3. The number of amides is 3. The molecule has 1 aromatic rings. The molecule has 3 amide bonds. The number of benzene rings is 1. The molecule has 21 heavy (non-hydrogen) atoms. The normalized spacial score (nSPS) is 26.0. The largest absolute Gasteiger partial charge is 0.366 e. The van der Waals surface area contributed by atoms with E-state index in [9.17, 15) is 14.4 Å². The maximum atomic E-state index is 12.2. The van der Waals surface area contributed by atoms with Crippen LogP contribution in [0.5, 0.6) is 0 Å². The first-order valence-electron chi connectivity index (χ1n) is 6.99. The summed E-state index contributed by atoms with van der Waals surface area (Å²) in [6.07, 6.45) is 3.09. The molecule has 0 saturated heterocycles. The van der Waals surface area contributed by atoms with E-state index in [-0.39, 0.29) is 23.0 Å². The molecular weight excluding hydrogens is 270 g/mol. The molecule has 3 rings (SSSR count). The molecule has 2 unspecified atom stereocenters. The maximum absolute atomic E-state index is 12.2. The first kappa shape index (κ1) is 13.6. The summed E-state index contributed by atoms with van der Waals surface area (Å²) in [6, 6.07) is 4.25. The van der Waals surface area contributed by atoms with Crippen molar-refractivity contribution in [2.75, 3.05) is 5.32 Å². The summed E-state index contributed by atoms with van der Waals surface area (Å²) in [7, 11) is 0. The summed E-state index contributed by atoms with van der Waals surface area (Å²) >= 11 is 0. The summed E-state index contributed by atoms with van der Waals surface area (Å²) in [5.41, 5.74) is 11.1. The van der Waals surface area contributed by atoms with E-state index in [4.69, 9.17) is 11.5 Å². The average molecular weight is 287 g/mol. The van der Waals surface area contributed by atoms with E-state index in [1.165, 1.54) is 24.6 Å². The van der Waals surface area contributed by atoms with Gasteiger partial charge in [0.05, 0.1) is 0 Å². The molecule has 2 aliphatic rings. The van der Waals surface area contributed by atoms with Crippen LogP contribution in [0.2, 0.25) is 0 Å². The van der Waals surface area contributed by atoms with Crippen molar-refractivity contribution in [1.82, 2.24) is 0 Å². The van der Waals surface area contributed by atoms with Gasteiger partial charge in [0, 0.05) is 22.7 Å². The van der Waals surface area contributed by atoms with Crippen LogP contribution in [0.1, 0.15) is 40.0 Å². The van der Waals surface area contributed by atoms with Gasteiger partial charge in [0.15, 0.2) is 0 Å². The predicted octanol–water partition coefficient (Wildman–Crippen LogP) is 0.869. The van der Waals surface area contributed by atoms with Crippen LogP contribution in [0.15, 0.2) is 18.2 Å². The molecule has 0 aromatic heterocycles. The lowest BCUT2D eigenvalue weighted by molar-refractivity contribution is -0.120. The molecule has 0 bridgehead atoms. The molecule has 0 aliphatic heterocycles. The zero-order chi connectivity index (χ0) is 15.1. The monoisotopic (exact) mass is 287 g/mol. The third kappa shape index (κ3) is 2.74. The number of hydrogen-bond acceptors (Lipinski definition) is 3. The number of primary amides is 2. The third-order valence-electron chi connectivity index (χ3n) is 4.38. The van der Waals surface area contributed by atoms with Crippen molar-refractivity contribution in [2.24, 2.45) is 29.2 Å². The van der Waals surface area contributed by atoms with Crippen molar-refractivity contribution in [3.63, 3.8) is 0 Å². The highest BCUT2D eigenvalue weighted by molar-refractivity contribution is 6.02. The first-order chi connectivity index (χ1) is 9.94. The summed E-state index contributed by atoms with van der Waals surface area (Å²) < 4.78 is 0.